The Bertz CT molecular complexity index is 621. The van der Waals surface area contributed by atoms with Gasteiger partial charge in [-0.1, -0.05) is 6.92 Å². The summed E-state index contributed by atoms with van der Waals surface area (Å²) < 4.78 is 29.0. The van der Waals surface area contributed by atoms with Crippen LogP contribution in [0.2, 0.25) is 0 Å². The average Bonchev–Trinajstić information content (AvgIpc) is 2.54. The molecule has 116 valence electrons. The standard InChI is InChI=1S/C12H17N3O4S2/c1-3-21(17,18)11-8-20-5-4-15(11)10-7-13-6-9(14-10)12(16)19-2/h6-7,11H,3-5,8H2,1-2H3. The average molecular weight is 331 g/mol. The summed E-state index contributed by atoms with van der Waals surface area (Å²) in [5.41, 5.74) is 0.0703. The number of aromatic nitrogens is 2. The summed E-state index contributed by atoms with van der Waals surface area (Å²) in [5, 5.41) is -0.636. The quantitative estimate of drug-likeness (QED) is 0.740. The third-order valence-corrected chi connectivity index (χ3v) is 6.50. The van der Waals surface area contributed by atoms with E-state index in [9.17, 15) is 13.2 Å². The van der Waals surface area contributed by atoms with Crippen molar-refractivity contribution in [1.82, 2.24) is 9.97 Å². The van der Waals surface area contributed by atoms with Crippen molar-refractivity contribution in [3.8, 4) is 0 Å². The Morgan fingerprint density at radius 1 is 1.52 bits per heavy atom. The topological polar surface area (TPSA) is 89.5 Å². The van der Waals surface area contributed by atoms with Crippen LogP contribution in [0.5, 0.6) is 0 Å². The molecular formula is C12H17N3O4S2. The van der Waals surface area contributed by atoms with E-state index in [4.69, 9.17) is 0 Å². The lowest BCUT2D eigenvalue weighted by molar-refractivity contribution is 0.0593. The zero-order valence-corrected chi connectivity index (χ0v) is 13.5. The van der Waals surface area contributed by atoms with Crippen LogP contribution in [0.1, 0.15) is 17.4 Å². The van der Waals surface area contributed by atoms with Gasteiger partial charge in [0, 0.05) is 23.8 Å². The molecule has 0 spiro atoms. The lowest BCUT2D eigenvalue weighted by atomic mass is 10.4. The molecule has 0 bridgehead atoms. The van der Waals surface area contributed by atoms with E-state index < -0.39 is 21.2 Å². The molecule has 0 N–H and O–H groups in total. The predicted molar refractivity (Wildman–Crippen MR) is 81.3 cm³/mol. The molecule has 0 radical (unpaired) electrons. The molecule has 1 aliphatic rings. The number of anilines is 1. The summed E-state index contributed by atoms with van der Waals surface area (Å²) in [6.07, 6.45) is 2.78. The Balaban J connectivity index is 2.36. The summed E-state index contributed by atoms with van der Waals surface area (Å²) in [7, 11) is -1.97. The van der Waals surface area contributed by atoms with Gasteiger partial charge >= 0.3 is 5.97 Å². The van der Waals surface area contributed by atoms with E-state index >= 15 is 0 Å². The van der Waals surface area contributed by atoms with Crippen molar-refractivity contribution < 1.29 is 17.9 Å². The van der Waals surface area contributed by atoms with Crippen LogP contribution in [0.15, 0.2) is 12.4 Å². The molecule has 21 heavy (non-hydrogen) atoms. The normalized spacial score (nSPS) is 19.3. The monoisotopic (exact) mass is 331 g/mol. The number of sulfone groups is 1. The number of hydrogen-bond acceptors (Lipinski definition) is 8. The van der Waals surface area contributed by atoms with Crippen LogP contribution >= 0.6 is 11.8 Å². The number of carbonyl (C=O) groups excluding carboxylic acids is 1. The van der Waals surface area contributed by atoms with Crippen molar-refractivity contribution in [1.29, 1.82) is 0 Å². The van der Waals surface area contributed by atoms with Crippen LogP contribution in [0.4, 0.5) is 5.82 Å². The third-order valence-electron chi connectivity index (χ3n) is 3.21. The Morgan fingerprint density at radius 2 is 2.29 bits per heavy atom. The number of esters is 1. The van der Waals surface area contributed by atoms with Gasteiger partial charge in [-0.15, -0.1) is 0 Å². The van der Waals surface area contributed by atoms with Crippen molar-refractivity contribution in [2.75, 3.05) is 35.8 Å². The molecule has 1 aromatic rings. The molecule has 0 aliphatic carbocycles. The molecule has 2 rings (SSSR count). The van der Waals surface area contributed by atoms with Gasteiger partial charge in [0.2, 0.25) is 0 Å². The summed E-state index contributed by atoms with van der Waals surface area (Å²) >= 11 is 1.60. The first kappa shape index (κ1) is 16.0. The van der Waals surface area contributed by atoms with Gasteiger partial charge < -0.3 is 9.64 Å². The SMILES string of the molecule is CCS(=O)(=O)C1CSCCN1c1cncc(C(=O)OC)n1. The first-order chi connectivity index (χ1) is 9.99. The van der Waals surface area contributed by atoms with E-state index in [1.807, 2.05) is 0 Å². The van der Waals surface area contributed by atoms with Crippen molar-refractivity contribution in [2.45, 2.75) is 12.3 Å². The highest BCUT2D eigenvalue weighted by Crippen LogP contribution is 2.25. The van der Waals surface area contributed by atoms with E-state index in [2.05, 4.69) is 14.7 Å². The van der Waals surface area contributed by atoms with Gasteiger partial charge in [-0.25, -0.2) is 18.2 Å². The summed E-state index contributed by atoms with van der Waals surface area (Å²) in [5.74, 6) is 1.16. The maximum absolute atomic E-state index is 12.2. The summed E-state index contributed by atoms with van der Waals surface area (Å²) in [6.45, 7) is 2.18. The fraction of sp³-hybridized carbons (Fsp3) is 0.583. The lowest BCUT2D eigenvalue weighted by Gasteiger charge is -2.35. The number of hydrogen-bond donors (Lipinski definition) is 0. The number of rotatable bonds is 4. The van der Waals surface area contributed by atoms with E-state index in [1.165, 1.54) is 19.5 Å². The Kier molecular flexibility index (Phi) is 5.04. The molecule has 0 saturated carbocycles. The van der Waals surface area contributed by atoms with Gasteiger partial charge in [0.1, 0.15) is 11.2 Å². The zero-order valence-electron chi connectivity index (χ0n) is 11.9. The smallest absolute Gasteiger partial charge is 0.358 e. The molecule has 1 aliphatic heterocycles. The minimum atomic E-state index is -3.24. The summed E-state index contributed by atoms with van der Waals surface area (Å²) in [4.78, 5) is 21.4. The number of thioether (sulfide) groups is 1. The second-order valence-corrected chi connectivity index (χ2v) is 8.03. The molecule has 0 aromatic carbocycles. The van der Waals surface area contributed by atoms with Crippen molar-refractivity contribution in [3.05, 3.63) is 18.1 Å². The molecule has 1 saturated heterocycles. The maximum Gasteiger partial charge on any atom is 0.358 e. The zero-order chi connectivity index (χ0) is 15.5. The Hall–Kier alpha value is -1.35. The van der Waals surface area contributed by atoms with Gasteiger partial charge in [0.05, 0.1) is 19.5 Å². The molecular weight excluding hydrogens is 314 g/mol. The molecule has 1 fully saturated rings. The first-order valence-electron chi connectivity index (χ1n) is 6.46. The second-order valence-electron chi connectivity index (χ2n) is 4.43. The molecule has 1 unspecified atom stereocenters. The predicted octanol–water partition coefficient (Wildman–Crippen LogP) is 0.577. The van der Waals surface area contributed by atoms with Crippen LogP contribution < -0.4 is 4.90 Å². The summed E-state index contributed by atoms with van der Waals surface area (Å²) in [6, 6.07) is 0. The molecule has 9 heteroatoms. The van der Waals surface area contributed by atoms with Crippen molar-refractivity contribution >= 4 is 33.4 Å². The molecule has 7 nitrogen and oxygen atoms in total. The fourth-order valence-electron chi connectivity index (χ4n) is 2.03. The molecule has 1 atom stereocenters. The second kappa shape index (κ2) is 6.61. The number of carbonyl (C=O) groups is 1. The van der Waals surface area contributed by atoms with Gasteiger partial charge in [-0.2, -0.15) is 11.8 Å². The highest BCUT2D eigenvalue weighted by atomic mass is 32.2. The molecule has 2 heterocycles. The minimum Gasteiger partial charge on any atom is -0.464 e. The largest absolute Gasteiger partial charge is 0.464 e. The van der Waals surface area contributed by atoms with Gasteiger partial charge in [0.15, 0.2) is 15.5 Å². The van der Waals surface area contributed by atoms with Gasteiger partial charge in [-0.05, 0) is 0 Å². The van der Waals surface area contributed by atoms with E-state index in [-0.39, 0.29) is 11.4 Å². The van der Waals surface area contributed by atoms with Crippen molar-refractivity contribution in [2.24, 2.45) is 0 Å². The minimum absolute atomic E-state index is 0.0683. The van der Waals surface area contributed by atoms with Crippen molar-refractivity contribution in [3.63, 3.8) is 0 Å². The highest BCUT2D eigenvalue weighted by molar-refractivity contribution is 8.01. The molecule has 1 aromatic heterocycles. The maximum atomic E-state index is 12.2. The van der Waals surface area contributed by atoms with Gasteiger partial charge in [0.25, 0.3) is 0 Å². The van der Waals surface area contributed by atoms with Crippen LogP contribution in [0.3, 0.4) is 0 Å². The van der Waals surface area contributed by atoms with E-state index in [1.54, 1.807) is 23.6 Å². The lowest BCUT2D eigenvalue weighted by Crippen LogP contribution is -2.48. The highest BCUT2D eigenvalue weighted by Gasteiger charge is 2.34. The van der Waals surface area contributed by atoms with Crippen LogP contribution in [-0.4, -0.2) is 60.6 Å². The van der Waals surface area contributed by atoms with Gasteiger partial charge in [-0.3, -0.25) is 4.98 Å². The van der Waals surface area contributed by atoms with E-state index in [0.717, 1.165) is 5.75 Å². The van der Waals surface area contributed by atoms with Crippen LogP contribution in [-0.2, 0) is 14.6 Å². The Labute approximate surface area is 128 Å². The molecule has 0 amide bonds. The van der Waals surface area contributed by atoms with E-state index in [0.29, 0.717) is 18.1 Å². The van der Waals surface area contributed by atoms with Crippen LogP contribution in [0, 0.1) is 0 Å². The Morgan fingerprint density at radius 3 is 2.95 bits per heavy atom. The van der Waals surface area contributed by atoms with Crippen LogP contribution in [0.25, 0.3) is 0 Å². The number of nitrogens with zero attached hydrogens (tertiary/aromatic N) is 3. The third kappa shape index (κ3) is 3.46. The number of ether oxygens (including phenoxy) is 1. The fourth-order valence-corrected chi connectivity index (χ4v) is 5.01. The number of methoxy groups -OCH3 is 1. The first-order valence-corrected chi connectivity index (χ1v) is 9.33.